The molecule has 176 valence electrons. The van der Waals surface area contributed by atoms with Crippen LogP contribution >= 0.6 is 39.3 Å². The molecule has 0 aliphatic carbocycles. The molecule has 0 bridgehead atoms. The summed E-state index contributed by atoms with van der Waals surface area (Å²) in [4.78, 5) is 2.25. The molecule has 5 aromatic rings. The van der Waals surface area contributed by atoms with E-state index in [0.717, 1.165) is 63.5 Å². The monoisotopic (exact) mass is 566 g/mol. The van der Waals surface area contributed by atoms with Crippen LogP contribution in [-0.4, -0.2) is 38.1 Å². The highest BCUT2D eigenvalue weighted by atomic mass is 79.9. The van der Waals surface area contributed by atoms with Gasteiger partial charge in [-0.3, -0.25) is 4.57 Å². The van der Waals surface area contributed by atoms with Gasteiger partial charge in [-0.2, -0.15) is 0 Å². The van der Waals surface area contributed by atoms with Gasteiger partial charge in [0.25, 0.3) is 0 Å². The standard InChI is InChI=1S/C25H20BrClN6OS/c26-19-10-9-16-13-18(8-7-17(16)14-19)23-29-28-22(34-23)15-35-25-31-30-24(32-11-3-4-12-32)33(25)21-6-2-1-5-20(21)27/h1-2,5-10,13-14H,3-4,11-12,15H2. The van der Waals surface area contributed by atoms with E-state index in [1.54, 1.807) is 0 Å². The molecule has 0 saturated carbocycles. The van der Waals surface area contributed by atoms with Gasteiger partial charge in [0.2, 0.25) is 17.7 Å². The summed E-state index contributed by atoms with van der Waals surface area (Å²) in [6, 6.07) is 20.0. The van der Waals surface area contributed by atoms with Crippen molar-refractivity contribution in [3.8, 4) is 17.1 Å². The first-order chi connectivity index (χ1) is 17.2. The largest absolute Gasteiger partial charge is 0.420 e. The molecule has 0 radical (unpaired) electrons. The molecule has 1 aliphatic heterocycles. The zero-order chi connectivity index (χ0) is 23.8. The van der Waals surface area contributed by atoms with Crippen molar-refractivity contribution in [1.29, 1.82) is 0 Å². The molecular formula is C25H20BrClN6OS. The van der Waals surface area contributed by atoms with Crippen molar-refractivity contribution in [2.24, 2.45) is 0 Å². The molecular weight excluding hydrogens is 548 g/mol. The lowest BCUT2D eigenvalue weighted by Gasteiger charge is -2.18. The number of thioether (sulfide) groups is 1. The third-order valence-electron chi connectivity index (χ3n) is 5.94. The fourth-order valence-electron chi connectivity index (χ4n) is 4.23. The molecule has 0 N–H and O–H groups in total. The number of halogens is 2. The maximum absolute atomic E-state index is 6.56. The molecule has 0 unspecified atom stereocenters. The molecule has 1 aliphatic rings. The SMILES string of the molecule is Clc1ccccc1-n1c(SCc2nnc(-c3ccc4cc(Br)ccc4c3)o2)nnc1N1CCCC1. The maximum Gasteiger partial charge on any atom is 0.247 e. The molecule has 1 saturated heterocycles. The Labute approximate surface area is 219 Å². The molecule has 1 fully saturated rings. The van der Waals surface area contributed by atoms with Gasteiger partial charge in [0.05, 0.1) is 16.5 Å². The highest BCUT2D eigenvalue weighted by Gasteiger charge is 2.24. The Kier molecular flexibility index (Phi) is 6.22. The van der Waals surface area contributed by atoms with Crippen LogP contribution in [0.3, 0.4) is 0 Å². The van der Waals surface area contributed by atoms with Crippen LogP contribution in [0.1, 0.15) is 18.7 Å². The van der Waals surface area contributed by atoms with Gasteiger partial charge in [-0.25, -0.2) is 0 Å². The summed E-state index contributed by atoms with van der Waals surface area (Å²) in [6.07, 6.45) is 2.29. The second kappa shape index (κ2) is 9.64. The first kappa shape index (κ1) is 22.6. The summed E-state index contributed by atoms with van der Waals surface area (Å²) in [5.74, 6) is 2.30. The van der Waals surface area contributed by atoms with Gasteiger partial charge in [0.15, 0.2) is 5.16 Å². The van der Waals surface area contributed by atoms with E-state index in [1.165, 1.54) is 11.8 Å². The number of nitrogens with zero attached hydrogens (tertiary/aromatic N) is 6. The van der Waals surface area contributed by atoms with Crippen molar-refractivity contribution < 1.29 is 4.42 Å². The van der Waals surface area contributed by atoms with E-state index < -0.39 is 0 Å². The summed E-state index contributed by atoms with van der Waals surface area (Å²) in [7, 11) is 0. The Balaban J connectivity index is 1.26. The lowest BCUT2D eigenvalue weighted by atomic mass is 10.1. The number of anilines is 1. The van der Waals surface area contributed by atoms with Crippen LogP contribution in [0.5, 0.6) is 0 Å². The second-order valence-corrected chi connectivity index (χ2v) is 10.5. The molecule has 0 amide bonds. The minimum atomic E-state index is 0.468. The zero-order valence-electron chi connectivity index (χ0n) is 18.6. The van der Waals surface area contributed by atoms with Crippen molar-refractivity contribution >= 4 is 56.0 Å². The Morgan fingerprint density at radius 1 is 0.914 bits per heavy atom. The number of para-hydroxylation sites is 1. The molecule has 3 aromatic carbocycles. The molecule has 2 aromatic heterocycles. The summed E-state index contributed by atoms with van der Waals surface area (Å²) in [5.41, 5.74) is 1.75. The molecule has 10 heteroatoms. The summed E-state index contributed by atoms with van der Waals surface area (Å²) in [6.45, 7) is 1.92. The second-order valence-electron chi connectivity index (χ2n) is 8.26. The number of fused-ring (bicyclic) bond motifs is 1. The predicted molar refractivity (Wildman–Crippen MR) is 142 cm³/mol. The summed E-state index contributed by atoms with van der Waals surface area (Å²) < 4.78 is 9.07. The Morgan fingerprint density at radius 2 is 1.71 bits per heavy atom. The van der Waals surface area contributed by atoms with Crippen LogP contribution in [0.4, 0.5) is 5.95 Å². The van der Waals surface area contributed by atoms with Crippen LogP contribution in [0.15, 0.2) is 74.7 Å². The van der Waals surface area contributed by atoms with Gasteiger partial charge < -0.3 is 9.32 Å². The van der Waals surface area contributed by atoms with Crippen molar-refractivity contribution in [2.75, 3.05) is 18.0 Å². The maximum atomic E-state index is 6.56. The van der Waals surface area contributed by atoms with E-state index in [4.69, 9.17) is 16.0 Å². The quantitative estimate of drug-likeness (QED) is 0.209. The Hall–Kier alpha value is -2.88. The minimum Gasteiger partial charge on any atom is -0.420 e. The summed E-state index contributed by atoms with van der Waals surface area (Å²) >= 11 is 11.6. The van der Waals surface area contributed by atoms with Gasteiger partial charge in [-0.1, -0.05) is 63.6 Å². The predicted octanol–water partition coefficient (Wildman–Crippen LogP) is 6.78. The van der Waals surface area contributed by atoms with Gasteiger partial charge in [0.1, 0.15) is 0 Å². The lowest BCUT2D eigenvalue weighted by Crippen LogP contribution is -2.22. The molecule has 3 heterocycles. The first-order valence-corrected chi connectivity index (χ1v) is 13.4. The van der Waals surface area contributed by atoms with Gasteiger partial charge in [-0.05, 0) is 60.0 Å². The van der Waals surface area contributed by atoms with Crippen molar-refractivity contribution in [3.63, 3.8) is 0 Å². The van der Waals surface area contributed by atoms with E-state index in [2.05, 4.69) is 65.5 Å². The van der Waals surface area contributed by atoms with Crippen LogP contribution in [0.2, 0.25) is 5.02 Å². The van der Waals surface area contributed by atoms with Crippen LogP contribution in [-0.2, 0) is 5.75 Å². The van der Waals surface area contributed by atoms with Crippen LogP contribution in [0, 0.1) is 0 Å². The van der Waals surface area contributed by atoms with E-state index in [0.29, 0.717) is 22.6 Å². The highest BCUT2D eigenvalue weighted by molar-refractivity contribution is 9.10. The van der Waals surface area contributed by atoms with Gasteiger partial charge in [0, 0.05) is 23.1 Å². The zero-order valence-corrected chi connectivity index (χ0v) is 21.7. The normalized spacial score (nSPS) is 13.7. The highest BCUT2D eigenvalue weighted by Crippen LogP contribution is 2.33. The summed E-state index contributed by atoms with van der Waals surface area (Å²) in [5, 5.41) is 21.2. The number of rotatable bonds is 6. The van der Waals surface area contributed by atoms with Gasteiger partial charge in [-0.15, -0.1) is 20.4 Å². The van der Waals surface area contributed by atoms with Gasteiger partial charge >= 0.3 is 0 Å². The van der Waals surface area contributed by atoms with Crippen molar-refractivity contribution in [3.05, 3.63) is 76.0 Å². The number of hydrogen-bond donors (Lipinski definition) is 0. The Morgan fingerprint density at radius 3 is 2.57 bits per heavy atom. The number of aromatic nitrogens is 5. The first-order valence-electron chi connectivity index (χ1n) is 11.3. The molecule has 7 nitrogen and oxygen atoms in total. The lowest BCUT2D eigenvalue weighted by molar-refractivity contribution is 0.528. The topological polar surface area (TPSA) is 72.9 Å². The molecule has 0 spiro atoms. The molecule has 0 atom stereocenters. The van der Waals surface area contributed by atoms with Crippen LogP contribution in [0.25, 0.3) is 27.9 Å². The van der Waals surface area contributed by atoms with E-state index in [-0.39, 0.29) is 0 Å². The number of benzene rings is 3. The van der Waals surface area contributed by atoms with E-state index in [1.807, 2.05) is 41.0 Å². The fourth-order valence-corrected chi connectivity index (χ4v) is 5.60. The molecule has 35 heavy (non-hydrogen) atoms. The smallest absolute Gasteiger partial charge is 0.247 e. The number of hydrogen-bond acceptors (Lipinski definition) is 7. The fraction of sp³-hybridized carbons (Fsp3) is 0.200. The average molecular weight is 568 g/mol. The van der Waals surface area contributed by atoms with Crippen molar-refractivity contribution in [1.82, 2.24) is 25.0 Å². The third-order valence-corrected chi connectivity index (χ3v) is 7.67. The Bertz CT molecular complexity index is 1510. The van der Waals surface area contributed by atoms with E-state index >= 15 is 0 Å². The van der Waals surface area contributed by atoms with Crippen LogP contribution < -0.4 is 4.90 Å². The average Bonchev–Trinajstić information content (AvgIpc) is 3.63. The molecule has 6 rings (SSSR count). The minimum absolute atomic E-state index is 0.468. The van der Waals surface area contributed by atoms with Crippen molar-refractivity contribution in [2.45, 2.75) is 23.8 Å². The third kappa shape index (κ3) is 4.55. The van der Waals surface area contributed by atoms with E-state index in [9.17, 15) is 0 Å².